The van der Waals surface area contributed by atoms with E-state index >= 15 is 0 Å². The SMILES string of the molecule is Cc1cccc(Cn2nc(C)c(NC(=O)Cn3nc(C)c4c(-c5ccco5)ccnc43)c2C)c1. The molecule has 0 atom stereocenters. The van der Waals surface area contributed by atoms with Gasteiger partial charge in [-0.15, -0.1) is 0 Å². The maximum Gasteiger partial charge on any atom is 0.246 e. The van der Waals surface area contributed by atoms with E-state index in [0.717, 1.165) is 39.5 Å². The number of benzene rings is 1. The summed E-state index contributed by atoms with van der Waals surface area (Å²) in [4.78, 5) is 17.5. The molecule has 172 valence electrons. The fourth-order valence-corrected chi connectivity index (χ4v) is 4.36. The third-order valence-corrected chi connectivity index (χ3v) is 5.95. The first-order valence-electron chi connectivity index (χ1n) is 11.2. The number of nitrogens with zero attached hydrogens (tertiary/aromatic N) is 5. The molecule has 8 heteroatoms. The summed E-state index contributed by atoms with van der Waals surface area (Å²) in [5, 5.41) is 13.1. The Hall–Kier alpha value is -4.20. The molecule has 0 saturated heterocycles. The van der Waals surface area contributed by atoms with Gasteiger partial charge in [-0.25, -0.2) is 9.67 Å². The van der Waals surface area contributed by atoms with Crippen molar-refractivity contribution < 1.29 is 9.21 Å². The fraction of sp³-hybridized carbons (Fsp3) is 0.231. The Morgan fingerprint density at radius 2 is 1.82 bits per heavy atom. The molecule has 0 saturated carbocycles. The third-order valence-electron chi connectivity index (χ3n) is 5.95. The van der Waals surface area contributed by atoms with Crippen molar-refractivity contribution in [1.29, 1.82) is 0 Å². The monoisotopic (exact) mass is 454 g/mol. The van der Waals surface area contributed by atoms with Crippen molar-refractivity contribution in [2.45, 2.75) is 40.8 Å². The first-order chi connectivity index (χ1) is 16.4. The molecule has 1 aromatic carbocycles. The first-order valence-corrected chi connectivity index (χ1v) is 11.2. The minimum atomic E-state index is -0.184. The highest BCUT2D eigenvalue weighted by Crippen LogP contribution is 2.30. The van der Waals surface area contributed by atoms with Gasteiger partial charge in [-0.1, -0.05) is 29.8 Å². The number of pyridine rings is 1. The molecular formula is C26H26N6O2. The highest BCUT2D eigenvalue weighted by atomic mass is 16.3. The van der Waals surface area contributed by atoms with Gasteiger partial charge in [-0.05, 0) is 51.5 Å². The lowest BCUT2D eigenvalue weighted by Crippen LogP contribution is -2.20. The van der Waals surface area contributed by atoms with E-state index in [0.29, 0.717) is 12.2 Å². The molecule has 34 heavy (non-hydrogen) atoms. The Labute approximate surface area is 197 Å². The van der Waals surface area contributed by atoms with E-state index < -0.39 is 0 Å². The average Bonchev–Trinajstić information content (AvgIpc) is 3.51. The smallest absolute Gasteiger partial charge is 0.246 e. The van der Waals surface area contributed by atoms with Crippen molar-refractivity contribution in [3.05, 3.63) is 83.1 Å². The number of rotatable bonds is 6. The Bertz CT molecular complexity index is 1490. The summed E-state index contributed by atoms with van der Waals surface area (Å²) in [6.07, 6.45) is 3.35. The largest absolute Gasteiger partial charge is 0.464 e. The van der Waals surface area contributed by atoms with Crippen molar-refractivity contribution in [2.24, 2.45) is 0 Å². The average molecular weight is 455 g/mol. The fourth-order valence-electron chi connectivity index (χ4n) is 4.36. The molecule has 0 aliphatic carbocycles. The minimum absolute atomic E-state index is 0.0425. The summed E-state index contributed by atoms with van der Waals surface area (Å²) in [6.45, 7) is 8.54. The first kappa shape index (κ1) is 21.6. The number of amides is 1. The van der Waals surface area contributed by atoms with Crippen LogP contribution in [0.2, 0.25) is 0 Å². The quantitative estimate of drug-likeness (QED) is 0.398. The van der Waals surface area contributed by atoms with E-state index in [9.17, 15) is 4.79 Å². The van der Waals surface area contributed by atoms with Crippen LogP contribution in [0.5, 0.6) is 0 Å². The highest BCUT2D eigenvalue weighted by Gasteiger charge is 2.19. The number of aromatic nitrogens is 5. The maximum atomic E-state index is 13.0. The second-order valence-electron chi connectivity index (χ2n) is 8.52. The van der Waals surface area contributed by atoms with Crippen molar-refractivity contribution in [3.8, 4) is 11.3 Å². The summed E-state index contributed by atoms with van der Waals surface area (Å²) in [6, 6.07) is 14.0. The molecule has 0 unspecified atom stereocenters. The van der Waals surface area contributed by atoms with Gasteiger partial charge in [-0.2, -0.15) is 10.2 Å². The summed E-state index contributed by atoms with van der Waals surface area (Å²) in [5.74, 6) is 0.558. The number of furan rings is 1. The molecule has 0 bridgehead atoms. The van der Waals surface area contributed by atoms with Gasteiger partial charge in [0.2, 0.25) is 5.91 Å². The Kier molecular flexibility index (Phi) is 5.49. The Morgan fingerprint density at radius 3 is 2.59 bits per heavy atom. The van der Waals surface area contributed by atoms with Crippen LogP contribution in [0, 0.1) is 27.7 Å². The molecule has 0 fully saturated rings. The van der Waals surface area contributed by atoms with Crippen molar-refractivity contribution >= 4 is 22.6 Å². The van der Waals surface area contributed by atoms with Crippen LogP contribution in [0.1, 0.15) is 28.2 Å². The van der Waals surface area contributed by atoms with Gasteiger partial charge in [0.1, 0.15) is 12.3 Å². The second-order valence-corrected chi connectivity index (χ2v) is 8.52. The molecule has 0 radical (unpaired) electrons. The van der Waals surface area contributed by atoms with E-state index in [-0.39, 0.29) is 12.5 Å². The van der Waals surface area contributed by atoms with E-state index in [1.807, 2.05) is 49.7 Å². The standard InChI is InChI=1S/C26H26N6O2/c1-16-7-5-8-20(13-16)14-31-19(4)25(18(3)30-31)28-23(33)15-32-26-24(17(2)29-32)21(10-11-27-26)22-9-6-12-34-22/h5-13H,14-15H2,1-4H3,(H,28,33). The van der Waals surface area contributed by atoms with E-state index in [1.165, 1.54) is 11.1 Å². The van der Waals surface area contributed by atoms with Gasteiger partial charge in [0, 0.05) is 11.8 Å². The van der Waals surface area contributed by atoms with Crippen LogP contribution in [0.4, 0.5) is 5.69 Å². The topological polar surface area (TPSA) is 90.8 Å². The van der Waals surface area contributed by atoms with Gasteiger partial charge >= 0.3 is 0 Å². The number of aryl methyl sites for hydroxylation is 3. The number of anilines is 1. The van der Waals surface area contributed by atoms with Crippen LogP contribution >= 0.6 is 0 Å². The molecule has 4 aromatic heterocycles. The molecular weight excluding hydrogens is 428 g/mol. The Balaban J connectivity index is 1.38. The predicted octanol–water partition coefficient (Wildman–Crippen LogP) is 4.81. The summed E-state index contributed by atoms with van der Waals surface area (Å²) >= 11 is 0. The number of carbonyl (C=O) groups excluding carboxylic acids is 1. The lowest BCUT2D eigenvalue weighted by atomic mass is 10.1. The van der Waals surface area contributed by atoms with Gasteiger partial charge in [0.25, 0.3) is 0 Å². The van der Waals surface area contributed by atoms with Crippen LogP contribution in [-0.4, -0.2) is 30.5 Å². The number of hydrogen-bond acceptors (Lipinski definition) is 5. The molecule has 0 aliphatic heterocycles. The number of nitrogens with one attached hydrogen (secondary N) is 1. The zero-order valence-electron chi connectivity index (χ0n) is 19.7. The summed E-state index contributed by atoms with van der Waals surface area (Å²) in [5.41, 5.74) is 7.13. The van der Waals surface area contributed by atoms with Crippen molar-refractivity contribution in [3.63, 3.8) is 0 Å². The molecule has 5 aromatic rings. The molecule has 1 amide bonds. The molecule has 5 rings (SSSR count). The van der Waals surface area contributed by atoms with Crippen LogP contribution < -0.4 is 5.32 Å². The lowest BCUT2D eigenvalue weighted by Gasteiger charge is -2.08. The molecule has 8 nitrogen and oxygen atoms in total. The summed E-state index contributed by atoms with van der Waals surface area (Å²) < 4.78 is 9.13. The van der Waals surface area contributed by atoms with Crippen LogP contribution in [0.25, 0.3) is 22.4 Å². The normalized spacial score (nSPS) is 11.3. The number of hydrogen-bond donors (Lipinski definition) is 1. The van der Waals surface area contributed by atoms with Gasteiger partial charge in [0.05, 0.1) is 41.0 Å². The molecule has 1 N–H and O–H groups in total. The summed E-state index contributed by atoms with van der Waals surface area (Å²) in [7, 11) is 0. The number of fused-ring (bicyclic) bond motifs is 1. The molecule has 4 heterocycles. The van der Waals surface area contributed by atoms with Crippen LogP contribution in [0.15, 0.2) is 59.3 Å². The zero-order valence-corrected chi connectivity index (χ0v) is 19.7. The third kappa shape index (κ3) is 3.98. The van der Waals surface area contributed by atoms with Crippen molar-refractivity contribution in [1.82, 2.24) is 24.5 Å². The lowest BCUT2D eigenvalue weighted by molar-refractivity contribution is -0.116. The van der Waals surface area contributed by atoms with Gasteiger partial charge in [-0.3, -0.25) is 9.48 Å². The molecule has 0 aliphatic rings. The zero-order chi connectivity index (χ0) is 23.8. The highest BCUT2D eigenvalue weighted by molar-refractivity contribution is 5.95. The van der Waals surface area contributed by atoms with E-state index in [4.69, 9.17) is 4.42 Å². The maximum absolute atomic E-state index is 13.0. The van der Waals surface area contributed by atoms with Crippen molar-refractivity contribution in [2.75, 3.05) is 5.32 Å². The van der Waals surface area contributed by atoms with E-state index in [2.05, 4.69) is 45.6 Å². The van der Waals surface area contributed by atoms with Gasteiger partial charge in [0.15, 0.2) is 5.65 Å². The second kappa shape index (κ2) is 8.62. The van der Waals surface area contributed by atoms with Crippen LogP contribution in [0.3, 0.4) is 0 Å². The predicted molar refractivity (Wildman–Crippen MR) is 131 cm³/mol. The van der Waals surface area contributed by atoms with E-state index in [1.54, 1.807) is 17.1 Å². The Morgan fingerprint density at radius 1 is 1.00 bits per heavy atom. The number of carbonyl (C=O) groups is 1. The van der Waals surface area contributed by atoms with Crippen LogP contribution in [-0.2, 0) is 17.9 Å². The van der Waals surface area contributed by atoms with Gasteiger partial charge < -0.3 is 9.73 Å². The molecule has 0 spiro atoms. The minimum Gasteiger partial charge on any atom is -0.464 e.